The summed E-state index contributed by atoms with van der Waals surface area (Å²) in [4.78, 5) is 16.0. The highest BCUT2D eigenvalue weighted by atomic mass is 19.3. The third-order valence-electron chi connectivity index (χ3n) is 6.48. The summed E-state index contributed by atoms with van der Waals surface area (Å²) >= 11 is 0. The Morgan fingerprint density at radius 2 is 1.79 bits per heavy atom. The Morgan fingerprint density at radius 3 is 2.59 bits per heavy atom. The average molecular weight is 463 g/mol. The number of ether oxygens (including phenoxy) is 2. The molecule has 1 fully saturated rings. The topological polar surface area (TPSA) is 65.3 Å². The van der Waals surface area contributed by atoms with Crippen LogP contribution in [0, 0.1) is 0 Å². The Bertz CT molecular complexity index is 1320. The minimum absolute atomic E-state index is 0.120. The zero-order chi connectivity index (χ0) is 23.1. The number of aromatic nitrogens is 4. The van der Waals surface area contributed by atoms with E-state index in [1.54, 1.807) is 12.1 Å². The van der Waals surface area contributed by atoms with E-state index in [1.165, 1.54) is 0 Å². The second-order valence-corrected chi connectivity index (χ2v) is 8.44. The fourth-order valence-corrected chi connectivity index (χ4v) is 4.89. The van der Waals surface area contributed by atoms with Crippen LogP contribution in [0.15, 0.2) is 54.9 Å². The monoisotopic (exact) mass is 463 g/mol. The highest BCUT2D eigenvalue weighted by Crippen LogP contribution is 2.40. The van der Waals surface area contributed by atoms with Gasteiger partial charge in [0.1, 0.15) is 11.6 Å². The molecule has 0 amide bonds. The summed E-state index contributed by atoms with van der Waals surface area (Å²) in [5, 5.41) is 0. The SMILES string of the molecule is FC(F)Oc1ccccc1[C@@H]1CCc2nc3ccc(-c4cnc(N5CCOCC5)nc4)cc3n21. The number of imidazole rings is 1. The molecule has 1 atom stereocenters. The molecule has 0 aliphatic carbocycles. The lowest BCUT2D eigenvalue weighted by atomic mass is 10.0. The fraction of sp³-hybridized carbons (Fsp3) is 0.320. The number of fused-ring (bicyclic) bond motifs is 3. The van der Waals surface area contributed by atoms with Gasteiger partial charge >= 0.3 is 6.61 Å². The van der Waals surface area contributed by atoms with Crippen molar-refractivity contribution in [2.24, 2.45) is 0 Å². The van der Waals surface area contributed by atoms with E-state index >= 15 is 0 Å². The number of anilines is 1. The summed E-state index contributed by atoms with van der Waals surface area (Å²) in [7, 11) is 0. The van der Waals surface area contributed by atoms with Gasteiger partial charge in [0.05, 0.1) is 30.3 Å². The lowest BCUT2D eigenvalue weighted by Crippen LogP contribution is -2.37. The van der Waals surface area contributed by atoms with Crippen molar-refractivity contribution in [2.45, 2.75) is 25.5 Å². The van der Waals surface area contributed by atoms with Crippen LogP contribution in [0.3, 0.4) is 0 Å². The lowest BCUT2D eigenvalue weighted by Gasteiger charge is -2.26. The zero-order valence-electron chi connectivity index (χ0n) is 18.4. The van der Waals surface area contributed by atoms with E-state index in [0.29, 0.717) is 19.2 Å². The van der Waals surface area contributed by atoms with Gasteiger partial charge in [-0.2, -0.15) is 8.78 Å². The first-order valence-corrected chi connectivity index (χ1v) is 11.4. The van der Waals surface area contributed by atoms with Crippen LogP contribution in [0.2, 0.25) is 0 Å². The number of morpholine rings is 1. The van der Waals surface area contributed by atoms with E-state index in [0.717, 1.165) is 59.5 Å². The molecule has 2 aromatic heterocycles. The molecule has 4 heterocycles. The number of hydrogen-bond donors (Lipinski definition) is 0. The van der Waals surface area contributed by atoms with Crippen LogP contribution in [-0.2, 0) is 11.2 Å². The maximum Gasteiger partial charge on any atom is 0.387 e. The molecular formula is C25H23F2N5O2. The van der Waals surface area contributed by atoms with E-state index in [9.17, 15) is 8.78 Å². The third-order valence-corrected chi connectivity index (χ3v) is 6.48. The number of hydrogen-bond acceptors (Lipinski definition) is 6. The minimum atomic E-state index is -2.87. The molecule has 0 bridgehead atoms. The Morgan fingerprint density at radius 1 is 1.00 bits per heavy atom. The molecule has 7 nitrogen and oxygen atoms in total. The van der Waals surface area contributed by atoms with E-state index < -0.39 is 6.61 Å². The van der Waals surface area contributed by atoms with Gasteiger partial charge < -0.3 is 18.9 Å². The molecule has 2 aliphatic heterocycles. The van der Waals surface area contributed by atoms with Gasteiger partial charge in [-0.05, 0) is 30.2 Å². The molecule has 0 radical (unpaired) electrons. The lowest BCUT2D eigenvalue weighted by molar-refractivity contribution is -0.0506. The number of alkyl halides is 2. The number of para-hydroxylation sites is 1. The van der Waals surface area contributed by atoms with E-state index in [4.69, 9.17) is 14.5 Å². The number of rotatable bonds is 5. The minimum Gasteiger partial charge on any atom is -0.434 e. The first kappa shape index (κ1) is 21.0. The Balaban J connectivity index is 1.36. The van der Waals surface area contributed by atoms with Crippen molar-refractivity contribution < 1.29 is 18.3 Å². The van der Waals surface area contributed by atoms with Crippen LogP contribution in [0.25, 0.3) is 22.2 Å². The highest BCUT2D eigenvalue weighted by molar-refractivity contribution is 5.83. The largest absolute Gasteiger partial charge is 0.434 e. The van der Waals surface area contributed by atoms with Crippen molar-refractivity contribution in [3.05, 3.63) is 66.2 Å². The van der Waals surface area contributed by atoms with Crippen LogP contribution in [0.4, 0.5) is 14.7 Å². The molecule has 34 heavy (non-hydrogen) atoms. The number of nitrogens with zero attached hydrogens (tertiary/aromatic N) is 5. The molecular weight excluding hydrogens is 440 g/mol. The van der Waals surface area contributed by atoms with Gasteiger partial charge in [0, 0.05) is 43.0 Å². The summed E-state index contributed by atoms with van der Waals surface area (Å²) in [6, 6.07) is 13.0. The summed E-state index contributed by atoms with van der Waals surface area (Å²) in [5.74, 6) is 1.86. The van der Waals surface area contributed by atoms with Crippen molar-refractivity contribution in [3.63, 3.8) is 0 Å². The van der Waals surface area contributed by atoms with Crippen LogP contribution in [0.1, 0.15) is 23.9 Å². The maximum atomic E-state index is 13.0. The maximum absolute atomic E-state index is 13.0. The van der Waals surface area contributed by atoms with Gasteiger partial charge in [-0.15, -0.1) is 0 Å². The second-order valence-electron chi connectivity index (χ2n) is 8.44. The molecule has 0 saturated carbocycles. The number of aryl methyl sites for hydroxylation is 1. The molecule has 2 aromatic carbocycles. The molecule has 0 unspecified atom stereocenters. The molecule has 6 rings (SSSR count). The summed E-state index contributed by atoms with van der Waals surface area (Å²) in [6.45, 7) is 0.0618. The molecule has 174 valence electrons. The second kappa shape index (κ2) is 8.64. The van der Waals surface area contributed by atoms with Crippen molar-refractivity contribution in [1.82, 2.24) is 19.5 Å². The predicted molar refractivity (Wildman–Crippen MR) is 123 cm³/mol. The quantitative estimate of drug-likeness (QED) is 0.435. The molecule has 0 N–H and O–H groups in total. The normalized spacial score (nSPS) is 18.0. The van der Waals surface area contributed by atoms with Crippen molar-refractivity contribution in [2.75, 3.05) is 31.2 Å². The highest BCUT2D eigenvalue weighted by Gasteiger charge is 2.29. The molecule has 1 saturated heterocycles. The van der Waals surface area contributed by atoms with Crippen molar-refractivity contribution in [1.29, 1.82) is 0 Å². The third kappa shape index (κ3) is 3.75. The summed E-state index contributed by atoms with van der Waals surface area (Å²) < 4.78 is 38.4. The van der Waals surface area contributed by atoms with Gasteiger partial charge in [0.2, 0.25) is 5.95 Å². The van der Waals surface area contributed by atoms with Gasteiger partial charge in [0.15, 0.2) is 0 Å². The summed E-state index contributed by atoms with van der Waals surface area (Å²) in [6.07, 6.45) is 5.23. The van der Waals surface area contributed by atoms with Crippen LogP contribution in [-0.4, -0.2) is 52.4 Å². The Labute approximate surface area is 195 Å². The first-order valence-electron chi connectivity index (χ1n) is 11.4. The molecule has 9 heteroatoms. The Hall–Kier alpha value is -3.59. The van der Waals surface area contributed by atoms with E-state index in [2.05, 4.69) is 25.5 Å². The Kier molecular flexibility index (Phi) is 5.33. The number of halogens is 2. The molecule has 2 aliphatic rings. The van der Waals surface area contributed by atoms with Gasteiger partial charge in [-0.1, -0.05) is 24.3 Å². The standard InChI is InChI=1S/C25H23F2N5O2/c26-24(27)34-22-4-2-1-3-18(22)20-7-8-23-30-19-6-5-16(13-21(19)32(20)23)17-14-28-25(29-15-17)31-9-11-33-12-10-31/h1-6,13-15,20,24H,7-12H2/t20-/m0/s1. The zero-order valence-corrected chi connectivity index (χ0v) is 18.4. The average Bonchev–Trinajstić information content (AvgIpc) is 3.44. The fourth-order valence-electron chi connectivity index (χ4n) is 4.89. The smallest absolute Gasteiger partial charge is 0.387 e. The van der Waals surface area contributed by atoms with Gasteiger partial charge in [-0.25, -0.2) is 15.0 Å². The van der Waals surface area contributed by atoms with Crippen LogP contribution < -0.4 is 9.64 Å². The predicted octanol–water partition coefficient (Wildman–Crippen LogP) is 4.47. The molecule has 0 spiro atoms. The van der Waals surface area contributed by atoms with E-state index in [-0.39, 0.29) is 11.8 Å². The number of benzene rings is 2. The van der Waals surface area contributed by atoms with Gasteiger partial charge in [0.25, 0.3) is 0 Å². The van der Waals surface area contributed by atoms with Gasteiger partial charge in [-0.3, -0.25) is 0 Å². The van der Waals surface area contributed by atoms with Crippen molar-refractivity contribution >= 4 is 17.0 Å². The van der Waals surface area contributed by atoms with Crippen molar-refractivity contribution in [3.8, 4) is 16.9 Å². The van der Waals surface area contributed by atoms with E-state index in [1.807, 2.05) is 36.7 Å². The first-order chi connectivity index (χ1) is 16.7. The van der Waals surface area contributed by atoms with Crippen LogP contribution in [0.5, 0.6) is 5.75 Å². The summed E-state index contributed by atoms with van der Waals surface area (Å²) in [5.41, 5.74) is 4.46. The van der Waals surface area contributed by atoms with Crippen LogP contribution >= 0.6 is 0 Å². The molecule has 4 aromatic rings.